The quantitative estimate of drug-likeness (QED) is 0.745. The van der Waals surface area contributed by atoms with Gasteiger partial charge in [0.1, 0.15) is 0 Å². The fourth-order valence-electron chi connectivity index (χ4n) is 2.47. The van der Waals surface area contributed by atoms with Gasteiger partial charge in [-0.3, -0.25) is 9.10 Å². The van der Waals surface area contributed by atoms with E-state index in [0.29, 0.717) is 23.7 Å². The summed E-state index contributed by atoms with van der Waals surface area (Å²) in [6.07, 6.45) is 1.87. The average molecular weight is 395 g/mol. The van der Waals surface area contributed by atoms with Crippen molar-refractivity contribution in [3.8, 4) is 0 Å². The second kappa shape index (κ2) is 9.05. The molecule has 26 heavy (non-hydrogen) atoms. The van der Waals surface area contributed by atoms with E-state index >= 15 is 0 Å². The maximum Gasteiger partial charge on any atom is 0.232 e. The van der Waals surface area contributed by atoms with Crippen LogP contribution in [-0.2, 0) is 21.4 Å². The van der Waals surface area contributed by atoms with E-state index < -0.39 is 10.0 Å². The Bertz CT molecular complexity index is 834. The van der Waals surface area contributed by atoms with Gasteiger partial charge in [-0.25, -0.2) is 8.42 Å². The molecule has 2 rings (SSSR count). The van der Waals surface area contributed by atoms with Crippen molar-refractivity contribution >= 4 is 33.2 Å². The lowest BCUT2D eigenvalue weighted by atomic mass is 10.2. The molecular weight excluding hydrogens is 372 g/mol. The molecule has 0 unspecified atom stereocenters. The van der Waals surface area contributed by atoms with Gasteiger partial charge in [0.25, 0.3) is 0 Å². The molecule has 7 heteroatoms. The zero-order valence-corrected chi connectivity index (χ0v) is 16.5. The molecule has 0 radical (unpaired) electrons. The Labute approximate surface area is 160 Å². The Morgan fingerprint density at radius 3 is 2.27 bits per heavy atom. The van der Waals surface area contributed by atoms with Crippen molar-refractivity contribution in [2.24, 2.45) is 0 Å². The summed E-state index contributed by atoms with van der Waals surface area (Å²) < 4.78 is 25.4. The Morgan fingerprint density at radius 1 is 1.08 bits per heavy atom. The minimum atomic E-state index is -3.40. The first kappa shape index (κ1) is 20.3. The van der Waals surface area contributed by atoms with E-state index in [9.17, 15) is 13.2 Å². The highest BCUT2D eigenvalue weighted by Gasteiger charge is 2.17. The van der Waals surface area contributed by atoms with Crippen LogP contribution in [0.3, 0.4) is 0 Å². The molecule has 1 N–H and O–H groups in total. The summed E-state index contributed by atoms with van der Waals surface area (Å²) in [5, 5.41) is 3.48. The first-order valence-corrected chi connectivity index (χ1v) is 10.5. The number of anilines is 1. The number of hydrogen-bond acceptors (Lipinski definition) is 3. The third kappa shape index (κ3) is 6.35. The number of amides is 1. The van der Waals surface area contributed by atoms with Gasteiger partial charge >= 0.3 is 0 Å². The van der Waals surface area contributed by atoms with Gasteiger partial charge in [0, 0.05) is 24.5 Å². The van der Waals surface area contributed by atoms with Crippen LogP contribution in [0.5, 0.6) is 0 Å². The number of benzene rings is 2. The van der Waals surface area contributed by atoms with E-state index in [1.807, 2.05) is 31.2 Å². The van der Waals surface area contributed by atoms with Gasteiger partial charge in [-0.05, 0) is 43.2 Å². The molecule has 2 aromatic carbocycles. The Kier molecular flexibility index (Phi) is 7.06. The zero-order valence-electron chi connectivity index (χ0n) is 14.9. The van der Waals surface area contributed by atoms with Crippen molar-refractivity contribution in [1.29, 1.82) is 0 Å². The summed E-state index contributed by atoms with van der Waals surface area (Å²) in [5.41, 5.74) is 2.63. The summed E-state index contributed by atoms with van der Waals surface area (Å²) in [4.78, 5) is 12.0. The molecule has 0 heterocycles. The molecule has 140 valence electrons. The number of sulfonamides is 1. The SMILES string of the molecule is Cc1ccc(N(CCCC(=O)NCc2ccc(Cl)cc2)S(C)(=O)=O)cc1. The van der Waals surface area contributed by atoms with Crippen molar-refractivity contribution in [2.75, 3.05) is 17.1 Å². The highest BCUT2D eigenvalue weighted by molar-refractivity contribution is 7.92. The predicted octanol–water partition coefficient (Wildman–Crippen LogP) is 3.51. The number of hydrogen-bond donors (Lipinski definition) is 1. The molecule has 0 aromatic heterocycles. The van der Waals surface area contributed by atoms with Crippen LogP contribution in [0.1, 0.15) is 24.0 Å². The van der Waals surface area contributed by atoms with Crippen LogP contribution >= 0.6 is 11.6 Å². The minimum absolute atomic E-state index is 0.114. The Morgan fingerprint density at radius 2 is 1.69 bits per heavy atom. The van der Waals surface area contributed by atoms with Gasteiger partial charge in [-0.1, -0.05) is 41.4 Å². The summed E-state index contributed by atoms with van der Waals surface area (Å²) in [6, 6.07) is 14.5. The summed E-state index contributed by atoms with van der Waals surface area (Å²) in [6.45, 7) is 2.62. The van der Waals surface area contributed by atoms with Crippen molar-refractivity contribution < 1.29 is 13.2 Å². The number of carbonyl (C=O) groups is 1. The lowest BCUT2D eigenvalue weighted by molar-refractivity contribution is -0.121. The molecule has 0 saturated heterocycles. The van der Waals surface area contributed by atoms with Gasteiger partial charge < -0.3 is 5.32 Å². The molecule has 0 aliphatic carbocycles. The number of halogens is 1. The molecule has 0 fully saturated rings. The molecule has 0 saturated carbocycles. The highest BCUT2D eigenvalue weighted by Crippen LogP contribution is 2.19. The fourth-order valence-corrected chi connectivity index (χ4v) is 3.56. The Balaban J connectivity index is 1.85. The number of carbonyl (C=O) groups excluding carboxylic acids is 1. The van der Waals surface area contributed by atoms with Crippen LogP contribution in [0.2, 0.25) is 5.02 Å². The van der Waals surface area contributed by atoms with Gasteiger partial charge in [0.05, 0.1) is 11.9 Å². The lowest BCUT2D eigenvalue weighted by Gasteiger charge is -2.22. The number of nitrogens with zero attached hydrogens (tertiary/aromatic N) is 1. The van der Waals surface area contributed by atoms with Crippen LogP contribution in [0.4, 0.5) is 5.69 Å². The summed E-state index contributed by atoms with van der Waals surface area (Å²) in [7, 11) is -3.40. The van der Waals surface area contributed by atoms with Crippen molar-refractivity contribution in [2.45, 2.75) is 26.3 Å². The molecule has 5 nitrogen and oxygen atoms in total. The topological polar surface area (TPSA) is 66.5 Å². The molecule has 2 aromatic rings. The third-order valence-corrected chi connectivity index (χ3v) is 5.34. The maximum absolute atomic E-state index is 12.0. The van der Waals surface area contributed by atoms with Crippen molar-refractivity contribution in [3.63, 3.8) is 0 Å². The van der Waals surface area contributed by atoms with Gasteiger partial charge in [0.15, 0.2) is 0 Å². The molecule has 0 aliphatic rings. The number of aryl methyl sites for hydroxylation is 1. The van der Waals surface area contributed by atoms with Crippen LogP contribution in [0.15, 0.2) is 48.5 Å². The summed E-state index contributed by atoms with van der Waals surface area (Å²) >= 11 is 5.83. The predicted molar refractivity (Wildman–Crippen MR) is 106 cm³/mol. The zero-order chi connectivity index (χ0) is 19.2. The second-order valence-electron chi connectivity index (χ2n) is 6.18. The molecule has 1 amide bonds. The normalized spacial score (nSPS) is 11.2. The monoisotopic (exact) mass is 394 g/mol. The molecule has 0 aliphatic heterocycles. The molecule has 0 spiro atoms. The van der Waals surface area contributed by atoms with E-state index in [0.717, 1.165) is 11.1 Å². The van der Waals surface area contributed by atoms with Crippen molar-refractivity contribution in [1.82, 2.24) is 5.32 Å². The summed E-state index contributed by atoms with van der Waals surface area (Å²) in [5.74, 6) is -0.114. The van der Waals surface area contributed by atoms with E-state index in [2.05, 4.69) is 5.32 Å². The standard InChI is InChI=1S/C19H23ClN2O3S/c1-15-5-11-18(12-6-15)22(26(2,24)25)13-3-4-19(23)21-14-16-7-9-17(20)10-8-16/h5-12H,3-4,13-14H2,1-2H3,(H,21,23). The molecule has 0 atom stereocenters. The van der Waals surface area contributed by atoms with Gasteiger partial charge in [-0.2, -0.15) is 0 Å². The van der Waals surface area contributed by atoms with Crippen LogP contribution in [0, 0.1) is 6.92 Å². The van der Waals surface area contributed by atoms with Crippen LogP contribution < -0.4 is 9.62 Å². The van der Waals surface area contributed by atoms with E-state index in [-0.39, 0.29) is 18.9 Å². The molecule has 0 bridgehead atoms. The number of nitrogens with one attached hydrogen (secondary N) is 1. The third-order valence-electron chi connectivity index (χ3n) is 3.89. The van der Waals surface area contributed by atoms with E-state index in [1.54, 1.807) is 24.3 Å². The van der Waals surface area contributed by atoms with Crippen LogP contribution in [0.25, 0.3) is 0 Å². The second-order valence-corrected chi connectivity index (χ2v) is 8.52. The largest absolute Gasteiger partial charge is 0.352 e. The molecular formula is C19H23ClN2O3S. The van der Waals surface area contributed by atoms with E-state index in [1.165, 1.54) is 10.6 Å². The number of rotatable bonds is 8. The maximum atomic E-state index is 12.0. The highest BCUT2D eigenvalue weighted by atomic mass is 35.5. The van der Waals surface area contributed by atoms with E-state index in [4.69, 9.17) is 11.6 Å². The van der Waals surface area contributed by atoms with Gasteiger partial charge in [0.2, 0.25) is 15.9 Å². The first-order valence-electron chi connectivity index (χ1n) is 8.31. The fraction of sp³-hybridized carbons (Fsp3) is 0.316. The average Bonchev–Trinajstić information content (AvgIpc) is 2.58. The van der Waals surface area contributed by atoms with Crippen LogP contribution in [-0.4, -0.2) is 27.1 Å². The first-order chi connectivity index (χ1) is 12.3. The van der Waals surface area contributed by atoms with Gasteiger partial charge in [-0.15, -0.1) is 0 Å². The lowest BCUT2D eigenvalue weighted by Crippen LogP contribution is -2.32. The Hall–Kier alpha value is -2.05. The van der Waals surface area contributed by atoms with Crippen molar-refractivity contribution in [3.05, 3.63) is 64.7 Å². The minimum Gasteiger partial charge on any atom is -0.352 e. The smallest absolute Gasteiger partial charge is 0.232 e.